The maximum Gasteiger partial charge on any atom is 0.266 e. The minimum Gasteiger partial charge on any atom is -0.322 e. The number of anilines is 2. The molecule has 1 heterocycles. The number of Topliss-reactive ketones (excluding diaryl/α,β-unsaturated/α-hetero) is 1. The summed E-state index contributed by atoms with van der Waals surface area (Å²) >= 11 is 0. The van der Waals surface area contributed by atoms with Crippen LogP contribution in [0.15, 0.2) is 60.7 Å². The van der Waals surface area contributed by atoms with E-state index in [-0.39, 0.29) is 22.5 Å². The van der Waals surface area contributed by atoms with Crippen LogP contribution < -0.4 is 10.2 Å². The van der Waals surface area contributed by atoms with Crippen molar-refractivity contribution < 1.29 is 19.2 Å². The van der Waals surface area contributed by atoms with Crippen molar-refractivity contribution in [2.45, 2.75) is 20.8 Å². The van der Waals surface area contributed by atoms with E-state index in [1.54, 1.807) is 30.3 Å². The Morgan fingerprint density at radius 2 is 1.42 bits per heavy atom. The topological polar surface area (TPSA) is 83.6 Å². The Hall–Kier alpha value is -4.06. The number of amides is 3. The highest BCUT2D eigenvalue weighted by Crippen LogP contribution is 2.32. The van der Waals surface area contributed by atoms with Gasteiger partial charge in [-0.1, -0.05) is 12.1 Å². The molecule has 0 atom stereocenters. The van der Waals surface area contributed by atoms with Gasteiger partial charge in [0.1, 0.15) is 0 Å². The normalized spacial score (nSPS) is 12.7. The molecule has 0 radical (unpaired) electrons. The van der Waals surface area contributed by atoms with E-state index in [1.807, 2.05) is 26.0 Å². The Labute approximate surface area is 179 Å². The van der Waals surface area contributed by atoms with Crippen LogP contribution in [-0.2, 0) is 0 Å². The molecule has 154 valence electrons. The van der Waals surface area contributed by atoms with E-state index >= 15 is 0 Å². The zero-order chi connectivity index (χ0) is 22.3. The van der Waals surface area contributed by atoms with Crippen LogP contribution in [0.25, 0.3) is 0 Å². The molecule has 0 spiro atoms. The summed E-state index contributed by atoms with van der Waals surface area (Å²) in [5.74, 6) is -1.33. The molecule has 3 aromatic carbocycles. The van der Waals surface area contributed by atoms with Crippen LogP contribution in [0.4, 0.5) is 11.4 Å². The van der Waals surface area contributed by atoms with Crippen LogP contribution >= 0.6 is 0 Å². The third-order valence-corrected chi connectivity index (χ3v) is 5.30. The first-order valence-corrected chi connectivity index (χ1v) is 9.78. The zero-order valence-corrected chi connectivity index (χ0v) is 17.4. The fourth-order valence-electron chi connectivity index (χ4n) is 3.55. The van der Waals surface area contributed by atoms with Crippen LogP contribution in [-0.4, -0.2) is 23.5 Å². The van der Waals surface area contributed by atoms with Gasteiger partial charge in [-0.25, -0.2) is 4.90 Å². The minimum atomic E-state index is -0.450. The lowest BCUT2D eigenvalue weighted by Crippen LogP contribution is -2.30. The van der Waals surface area contributed by atoms with Gasteiger partial charge in [0.2, 0.25) is 0 Å². The van der Waals surface area contributed by atoms with E-state index < -0.39 is 17.7 Å². The number of hydrogen-bond donors (Lipinski definition) is 1. The molecule has 1 N–H and O–H groups in total. The molecule has 0 aliphatic carbocycles. The molecule has 6 heteroatoms. The number of hydrogen-bond acceptors (Lipinski definition) is 4. The Balaban J connectivity index is 1.61. The van der Waals surface area contributed by atoms with Gasteiger partial charge < -0.3 is 5.32 Å². The van der Waals surface area contributed by atoms with Gasteiger partial charge in [0.25, 0.3) is 17.7 Å². The number of aryl methyl sites for hydroxylation is 2. The average molecular weight is 412 g/mol. The maximum atomic E-state index is 13.0. The maximum absolute atomic E-state index is 13.0. The van der Waals surface area contributed by atoms with E-state index in [9.17, 15) is 19.2 Å². The summed E-state index contributed by atoms with van der Waals surface area (Å²) in [6.45, 7) is 5.21. The van der Waals surface area contributed by atoms with Gasteiger partial charge in [-0.2, -0.15) is 0 Å². The number of imide groups is 1. The van der Waals surface area contributed by atoms with Crippen molar-refractivity contribution in [2.24, 2.45) is 0 Å². The Morgan fingerprint density at radius 1 is 0.774 bits per heavy atom. The molecule has 0 saturated heterocycles. The highest BCUT2D eigenvalue weighted by Gasteiger charge is 2.37. The van der Waals surface area contributed by atoms with E-state index in [1.165, 1.54) is 25.1 Å². The highest BCUT2D eigenvalue weighted by molar-refractivity contribution is 6.35. The van der Waals surface area contributed by atoms with Gasteiger partial charge in [0.15, 0.2) is 5.78 Å². The number of benzene rings is 3. The molecule has 6 nitrogen and oxygen atoms in total. The van der Waals surface area contributed by atoms with Gasteiger partial charge in [-0.05, 0) is 80.4 Å². The predicted molar refractivity (Wildman–Crippen MR) is 118 cm³/mol. The first-order valence-electron chi connectivity index (χ1n) is 9.78. The number of carbonyl (C=O) groups excluding carboxylic acids is 4. The second kappa shape index (κ2) is 7.65. The van der Waals surface area contributed by atoms with Crippen LogP contribution in [0.3, 0.4) is 0 Å². The summed E-state index contributed by atoms with van der Waals surface area (Å²) < 4.78 is 0. The van der Waals surface area contributed by atoms with Crippen molar-refractivity contribution in [1.82, 2.24) is 0 Å². The molecule has 0 unspecified atom stereocenters. The summed E-state index contributed by atoms with van der Waals surface area (Å²) in [7, 11) is 0. The van der Waals surface area contributed by atoms with Crippen molar-refractivity contribution in [3.05, 3.63) is 94.0 Å². The first-order chi connectivity index (χ1) is 14.8. The summed E-state index contributed by atoms with van der Waals surface area (Å²) in [5, 5.41) is 2.74. The second-order valence-electron chi connectivity index (χ2n) is 7.58. The predicted octanol–water partition coefficient (Wildman–Crippen LogP) is 4.56. The molecule has 1 aliphatic rings. The van der Waals surface area contributed by atoms with Crippen molar-refractivity contribution >= 4 is 34.9 Å². The molecule has 3 aromatic rings. The quantitative estimate of drug-likeness (QED) is 0.503. The Kier molecular flexibility index (Phi) is 4.99. The number of carbonyl (C=O) groups is 4. The molecule has 0 saturated carbocycles. The summed E-state index contributed by atoms with van der Waals surface area (Å²) in [6, 6.07) is 16.6. The lowest BCUT2D eigenvalue weighted by atomic mass is 10.1. The summed E-state index contributed by atoms with van der Waals surface area (Å²) in [5.41, 5.74) is 4.10. The standard InChI is InChI=1S/C25H20N2O4/c1-14-4-5-15(2)22(12-14)27-24(30)20-11-8-18(13-21(20)25(27)31)23(29)26-19-9-6-17(7-10-19)16(3)28/h4-13H,1-3H3,(H,26,29). The first kappa shape index (κ1) is 20.2. The minimum absolute atomic E-state index is 0.0620. The lowest BCUT2D eigenvalue weighted by Gasteiger charge is -2.17. The SMILES string of the molecule is CC(=O)c1ccc(NC(=O)c2ccc3c(c2)C(=O)N(c2cc(C)ccc2C)C3=O)cc1. The Bertz CT molecular complexity index is 1260. The van der Waals surface area contributed by atoms with Crippen molar-refractivity contribution in [2.75, 3.05) is 10.2 Å². The molecule has 3 amide bonds. The van der Waals surface area contributed by atoms with Crippen molar-refractivity contribution in [3.8, 4) is 0 Å². The molecule has 4 rings (SSSR count). The third-order valence-electron chi connectivity index (χ3n) is 5.30. The van der Waals surface area contributed by atoms with Gasteiger partial charge in [0.05, 0.1) is 16.8 Å². The van der Waals surface area contributed by atoms with Gasteiger partial charge in [-0.3, -0.25) is 19.2 Å². The van der Waals surface area contributed by atoms with Gasteiger partial charge in [0, 0.05) is 16.8 Å². The number of rotatable bonds is 4. The second-order valence-corrected chi connectivity index (χ2v) is 7.58. The van der Waals surface area contributed by atoms with Crippen LogP contribution in [0.5, 0.6) is 0 Å². The van der Waals surface area contributed by atoms with Crippen LogP contribution in [0.1, 0.15) is 59.5 Å². The van der Waals surface area contributed by atoms with Gasteiger partial charge >= 0.3 is 0 Å². The smallest absolute Gasteiger partial charge is 0.266 e. The number of nitrogens with one attached hydrogen (secondary N) is 1. The van der Waals surface area contributed by atoms with Crippen molar-refractivity contribution in [1.29, 1.82) is 0 Å². The molecule has 0 aromatic heterocycles. The molecule has 0 fully saturated rings. The van der Waals surface area contributed by atoms with E-state index in [4.69, 9.17) is 0 Å². The summed E-state index contributed by atoms with van der Waals surface area (Å²) in [4.78, 5) is 51.2. The van der Waals surface area contributed by atoms with Crippen LogP contribution in [0.2, 0.25) is 0 Å². The fraction of sp³-hybridized carbons (Fsp3) is 0.120. The Morgan fingerprint density at radius 3 is 2.10 bits per heavy atom. The number of nitrogens with zero attached hydrogens (tertiary/aromatic N) is 1. The molecule has 0 bridgehead atoms. The summed E-state index contributed by atoms with van der Waals surface area (Å²) in [6.07, 6.45) is 0. The van der Waals surface area contributed by atoms with Crippen molar-refractivity contribution in [3.63, 3.8) is 0 Å². The monoisotopic (exact) mass is 412 g/mol. The van der Waals surface area contributed by atoms with E-state index in [0.717, 1.165) is 16.0 Å². The molecular formula is C25H20N2O4. The molecule has 1 aliphatic heterocycles. The molecular weight excluding hydrogens is 392 g/mol. The molecule has 31 heavy (non-hydrogen) atoms. The largest absolute Gasteiger partial charge is 0.322 e. The van der Waals surface area contributed by atoms with Crippen LogP contribution in [0, 0.1) is 13.8 Å². The average Bonchev–Trinajstić information content (AvgIpc) is 3.00. The van der Waals surface area contributed by atoms with E-state index in [2.05, 4.69) is 5.32 Å². The highest BCUT2D eigenvalue weighted by atomic mass is 16.2. The fourth-order valence-corrected chi connectivity index (χ4v) is 3.55. The van der Waals surface area contributed by atoms with Gasteiger partial charge in [-0.15, -0.1) is 0 Å². The number of fused-ring (bicyclic) bond motifs is 1. The third kappa shape index (κ3) is 3.64. The number of ketones is 1. The lowest BCUT2D eigenvalue weighted by molar-refractivity contribution is 0.0924. The zero-order valence-electron chi connectivity index (χ0n) is 17.4. The van der Waals surface area contributed by atoms with E-state index in [0.29, 0.717) is 16.9 Å².